The molecule has 27 heavy (non-hydrogen) atoms. The van der Waals surface area contributed by atoms with Crippen molar-refractivity contribution in [3.63, 3.8) is 0 Å². The summed E-state index contributed by atoms with van der Waals surface area (Å²) < 4.78 is 5.35. The third-order valence-electron chi connectivity index (χ3n) is 4.08. The Hall–Kier alpha value is -3.41. The lowest BCUT2D eigenvalue weighted by Crippen LogP contribution is -2.14. The molecule has 1 heterocycles. The Kier molecular flexibility index (Phi) is 5.99. The van der Waals surface area contributed by atoms with E-state index in [9.17, 15) is 4.79 Å². The van der Waals surface area contributed by atoms with Crippen LogP contribution in [0.4, 0.5) is 11.6 Å². The van der Waals surface area contributed by atoms with Crippen molar-refractivity contribution in [3.8, 4) is 5.75 Å². The van der Waals surface area contributed by atoms with Crippen LogP contribution in [-0.2, 0) is 6.42 Å². The normalized spacial score (nSPS) is 10.3. The number of para-hydroxylation sites is 1. The summed E-state index contributed by atoms with van der Waals surface area (Å²) in [4.78, 5) is 12.2. The van der Waals surface area contributed by atoms with Gasteiger partial charge in [-0.05, 0) is 49.2 Å². The molecule has 0 fully saturated rings. The summed E-state index contributed by atoms with van der Waals surface area (Å²) in [6.07, 6.45) is 0.803. The molecular weight excluding hydrogens is 340 g/mol. The minimum absolute atomic E-state index is 0.204. The number of anilines is 2. The number of amides is 1. The Morgan fingerprint density at radius 1 is 1.00 bits per heavy atom. The van der Waals surface area contributed by atoms with Gasteiger partial charge < -0.3 is 15.4 Å². The average Bonchev–Trinajstić information content (AvgIpc) is 2.69. The first-order valence-corrected chi connectivity index (χ1v) is 8.73. The SMILES string of the molecule is COc1ccccc1CCNc1ccc(NC(=O)c2cccc(C)c2)nn1. The zero-order valence-electron chi connectivity index (χ0n) is 15.4. The molecule has 0 bridgehead atoms. The van der Waals surface area contributed by atoms with Gasteiger partial charge in [0.1, 0.15) is 11.6 Å². The highest BCUT2D eigenvalue weighted by atomic mass is 16.5. The molecule has 0 aliphatic rings. The summed E-state index contributed by atoms with van der Waals surface area (Å²) >= 11 is 0. The van der Waals surface area contributed by atoms with Crippen molar-refractivity contribution >= 4 is 17.5 Å². The topological polar surface area (TPSA) is 76.1 Å². The van der Waals surface area contributed by atoms with Gasteiger partial charge in [-0.15, -0.1) is 10.2 Å². The zero-order chi connectivity index (χ0) is 19.1. The van der Waals surface area contributed by atoms with Crippen molar-refractivity contribution in [1.82, 2.24) is 10.2 Å². The summed E-state index contributed by atoms with van der Waals surface area (Å²) in [7, 11) is 1.67. The number of benzene rings is 2. The lowest BCUT2D eigenvalue weighted by molar-refractivity contribution is 0.102. The third kappa shape index (κ3) is 5.04. The highest BCUT2D eigenvalue weighted by molar-refractivity contribution is 6.03. The van der Waals surface area contributed by atoms with Crippen LogP contribution in [-0.4, -0.2) is 29.8 Å². The van der Waals surface area contributed by atoms with Crippen LogP contribution < -0.4 is 15.4 Å². The van der Waals surface area contributed by atoms with Crippen LogP contribution in [0.5, 0.6) is 5.75 Å². The number of nitrogens with one attached hydrogen (secondary N) is 2. The maximum atomic E-state index is 12.2. The quantitative estimate of drug-likeness (QED) is 0.670. The van der Waals surface area contributed by atoms with E-state index in [4.69, 9.17) is 4.74 Å². The van der Waals surface area contributed by atoms with Crippen LogP contribution in [0.15, 0.2) is 60.7 Å². The molecule has 0 radical (unpaired) electrons. The fraction of sp³-hybridized carbons (Fsp3) is 0.190. The first-order valence-electron chi connectivity index (χ1n) is 8.73. The van der Waals surface area contributed by atoms with E-state index in [0.717, 1.165) is 23.3 Å². The van der Waals surface area contributed by atoms with Crippen LogP contribution in [0.3, 0.4) is 0 Å². The molecule has 3 rings (SSSR count). The van der Waals surface area contributed by atoms with E-state index in [-0.39, 0.29) is 5.91 Å². The monoisotopic (exact) mass is 362 g/mol. The Morgan fingerprint density at radius 2 is 1.78 bits per heavy atom. The van der Waals surface area contributed by atoms with E-state index in [0.29, 0.717) is 23.7 Å². The van der Waals surface area contributed by atoms with E-state index < -0.39 is 0 Å². The van der Waals surface area contributed by atoms with Crippen LogP contribution >= 0.6 is 0 Å². The summed E-state index contributed by atoms with van der Waals surface area (Å²) in [6, 6.07) is 18.8. The van der Waals surface area contributed by atoms with E-state index in [1.165, 1.54) is 0 Å². The van der Waals surface area contributed by atoms with Gasteiger partial charge >= 0.3 is 0 Å². The van der Waals surface area contributed by atoms with Crippen LogP contribution in [0.1, 0.15) is 21.5 Å². The number of carbonyl (C=O) groups is 1. The number of carbonyl (C=O) groups excluding carboxylic acids is 1. The number of hydrogen-bond acceptors (Lipinski definition) is 5. The molecule has 0 saturated carbocycles. The molecule has 0 aliphatic carbocycles. The van der Waals surface area contributed by atoms with Crippen molar-refractivity contribution in [2.45, 2.75) is 13.3 Å². The second-order valence-corrected chi connectivity index (χ2v) is 6.12. The zero-order valence-corrected chi connectivity index (χ0v) is 15.4. The van der Waals surface area contributed by atoms with Gasteiger partial charge in [0.2, 0.25) is 0 Å². The van der Waals surface area contributed by atoms with Gasteiger partial charge in [-0.25, -0.2) is 0 Å². The van der Waals surface area contributed by atoms with Gasteiger partial charge in [0.25, 0.3) is 5.91 Å². The maximum Gasteiger partial charge on any atom is 0.256 e. The largest absolute Gasteiger partial charge is 0.496 e. The minimum atomic E-state index is -0.204. The summed E-state index contributed by atoms with van der Waals surface area (Å²) in [5.74, 6) is 1.74. The molecule has 2 aromatic carbocycles. The molecule has 3 aromatic rings. The maximum absolute atomic E-state index is 12.2. The lowest BCUT2D eigenvalue weighted by atomic mass is 10.1. The second-order valence-electron chi connectivity index (χ2n) is 6.12. The number of rotatable bonds is 7. The summed E-state index contributed by atoms with van der Waals surface area (Å²) in [5, 5.41) is 14.1. The number of aromatic nitrogens is 2. The molecule has 0 unspecified atom stereocenters. The molecule has 0 atom stereocenters. The molecule has 0 spiro atoms. The molecule has 138 valence electrons. The van der Waals surface area contributed by atoms with Crippen LogP contribution in [0.25, 0.3) is 0 Å². The number of methoxy groups -OCH3 is 1. The predicted molar refractivity (Wildman–Crippen MR) is 106 cm³/mol. The Bertz CT molecular complexity index is 910. The highest BCUT2D eigenvalue weighted by Gasteiger charge is 2.07. The van der Waals surface area contributed by atoms with E-state index >= 15 is 0 Å². The standard InChI is InChI=1S/C21H22N4O2/c1-15-6-5-8-17(14-15)21(26)23-20-11-10-19(24-25-20)22-13-12-16-7-3-4-9-18(16)27-2/h3-11,14H,12-13H2,1-2H3,(H,22,24)(H,23,25,26). The van der Waals surface area contributed by atoms with Crippen LogP contribution in [0, 0.1) is 6.92 Å². The molecule has 0 saturated heterocycles. The molecule has 1 aromatic heterocycles. The summed E-state index contributed by atoms with van der Waals surface area (Å²) in [5.41, 5.74) is 2.75. The van der Waals surface area contributed by atoms with Gasteiger partial charge in [0, 0.05) is 12.1 Å². The average molecular weight is 362 g/mol. The molecule has 0 aliphatic heterocycles. The van der Waals surface area contributed by atoms with Crippen molar-refractivity contribution in [3.05, 3.63) is 77.4 Å². The van der Waals surface area contributed by atoms with Crippen molar-refractivity contribution in [2.24, 2.45) is 0 Å². The third-order valence-corrected chi connectivity index (χ3v) is 4.08. The predicted octanol–water partition coefficient (Wildman–Crippen LogP) is 3.70. The number of ether oxygens (including phenoxy) is 1. The number of hydrogen-bond donors (Lipinski definition) is 2. The Labute approximate surface area is 158 Å². The van der Waals surface area contributed by atoms with Gasteiger partial charge in [-0.2, -0.15) is 0 Å². The Morgan fingerprint density at radius 3 is 2.52 bits per heavy atom. The Balaban J connectivity index is 1.53. The van der Waals surface area contributed by atoms with E-state index in [1.54, 1.807) is 25.3 Å². The van der Waals surface area contributed by atoms with Crippen molar-refractivity contribution < 1.29 is 9.53 Å². The van der Waals surface area contributed by atoms with Gasteiger partial charge in [0.05, 0.1) is 7.11 Å². The van der Waals surface area contributed by atoms with Gasteiger partial charge in [-0.3, -0.25) is 4.79 Å². The highest BCUT2D eigenvalue weighted by Crippen LogP contribution is 2.18. The van der Waals surface area contributed by atoms with E-state index in [2.05, 4.69) is 20.8 Å². The first kappa shape index (κ1) is 18.4. The molecular formula is C21H22N4O2. The minimum Gasteiger partial charge on any atom is -0.496 e. The van der Waals surface area contributed by atoms with Crippen molar-refractivity contribution in [1.29, 1.82) is 0 Å². The molecule has 1 amide bonds. The van der Waals surface area contributed by atoms with Gasteiger partial charge in [-0.1, -0.05) is 35.9 Å². The van der Waals surface area contributed by atoms with E-state index in [1.807, 2.05) is 49.4 Å². The number of nitrogens with zero attached hydrogens (tertiary/aromatic N) is 2. The van der Waals surface area contributed by atoms with Crippen molar-refractivity contribution in [2.75, 3.05) is 24.3 Å². The van der Waals surface area contributed by atoms with Crippen LogP contribution in [0.2, 0.25) is 0 Å². The fourth-order valence-corrected chi connectivity index (χ4v) is 2.70. The smallest absolute Gasteiger partial charge is 0.256 e. The van der Waals surface area contributed by atoms with Gasteiger partial charge in [0.15, 0.2) is 5.82 Å². The molecule has 6 heteroatoms. The second kappa shape index (κ2) is 8.80. The molecule has 2 N–H and O–H groups in total. The summed E-state index contributed by atoms with van der Waals surface area (Å²) in [6.45, 7) is 2.64. The number of aryl methyl sites for hydroxylation is 1. The molecule has 6 nitrogen and oxygen atoms in total. The fourth-order valence-electron chi connectivity index (χ4n) is 2.70. The first-order chi connectivity index (χ1) is 13.2. The lowest BCUT2D eigenvalue weighted by Gasteiger charge is -2.09.